The highest BCUT2D eigenvalue weighted by Crippen LogP contribution is 2.31. The van der Waals surface area contributed by atoms with Gasteiger partial charge >= 0.3 is 0 Å². The number of para-hydroxylation sites is 3. The van der Waals surface area contributed by atoms with Crippen molar-refractivity contribution in [1.82, 2.24) is 0 Å². The normalized spacial score (nSPS) is 12.8. The minimum absolute atomic E-state index is 0.0977. The van der Waals surface area contributed by atoms with Crippen molar-refractivity contribution in [3.8, 4) is 5.75 Å². The Kier molecular flexibility index (Phi) is 4.56. The number of carbonyl (C=O) groups is 1. The Morgan fingerprint density at radius 1 is 0.923 bits per heavy atom. The van der Waals surface area contributed by atoms with E-state index in [1.807, 2.05) is 72.8 Å². The standard InChI is InChI=1S/C22H20N2O2/c25-22(23-19-6-2-1-3-7-19)18-12-10-17(11-13-18)16-24-14-15-26-21-9-5-4-8-20(21)24/h1-13H,14-16H2,(H,23,25). The Morgan fingerprint density at radius 2 is 1.65 bits per heavy atom. The summed E-state index contributed by atoms with van der Waals surface area (Å²) in [6.45, 7) is 2.34. The summed E-state index contributed by atoms with van der Waals surface area (Å²) in [5.74, 6) is 0.831. The number of anilines is 2. The van der Waals surface area contributed by atoms with Gasteiger partial charge in [0.2, 0.25) is 0 Å². The Morgan fingerprint density at radius 3 is 2.46 bits per heavy atom. The Labute approximate surface area is 153 Å². The van der Waals surface area contributed by atoms with Crippen LogP contribution in [0.5, 0.6) is 5.75 Å². The third kappa shape index (κ3) is 3.54. The van der Waals surface area contributed by atoms with Gasteiger partial charge in [-0.3, -0.25) is 4.79 Å². The average Bonchev–Trinajstić information content (AvgIpc) is 2.70. The third-order valence-electron chi connectivity index (χ3n) is 4.45. The van der Waals surface area contributed by atoms with Gasteiger partial charge < -0.3 is 15.0 Å². The van der Waals surface area contributed by atoms with E-state index in [0.29, 0.717) is 12.2 Å². The van der Waals surface area contributed by atoms with E-state index >= 15 is 0 Å². The van der Waals surface area contributed by atoms with Crippen molar-refractivity contribution >= 4 is 17.3 Å². The average molecular weight is 344 g/mol. The van der Waals surface area contributed by atoms with Crippen molar-refractivity contribution in [3.05, 3.63) is 90.0 Å². The molecule has 0 saturated heterocycles. The van der Waals surface area contributed by atoms with E-state index in [1.165, 1.54) is 0 Å². The van der Waals surface area contributed by atoms with Crippen LogP contribution in [0.15, 0.2) is 78.9 Å². The number of ether oxygens (including phenoxy) is 1. The molecule has 0 spiro atoms. The van der Waals surface area contributed by atoms with Gasteiger partial charge in [0.05, 0.1) is 12.2 Å². The van der Waals surface area contributed by atoms with Crippen LogP contribution in [-0.2, 0) is 6.54 Å². The van der Waals surface area contributed by atoms with Gasteiger partial charge in [-0.25, -0.2) is 0 Å². The molecule has 4 heteroatoms. The van der Waals surface area contributed by atoms with Gasteiger partial charge in [0.25, 0.3) is 5.91 Å². The number of hydrogen-bond acceptors (Lipinski definition) is 3. The highest BCUT2D eigenvalue weighted by Gasteiger charge is 2.17. The lowest BCUT2D eigenvalue weighted by Gasteiger charge is -2.31. The molecule has 130 valence electrons. The highest BCUT2D eigenvalue weighted by molar-refractivity contribution is 6.04. The Balaban J connectivity index is 1.45. The third-order valence-corrected chi connectivity index (χ3v) is 4.45. The molecule has 0 aliphatic carbocycles. The number of carbonyl (C=O) groups excluding carboxylic acids is 1. The van der Waals surface area contributed by atoms with Crippen LogP contribution in [-0.4, -0.2) is 19.1 Å². The molecule has 0 bridgehead atoms. The van der Waals surface area contributed by atoms with Crippen LogP contribution in [0.25, 0.3) is 0 Å². The van der Waals surface area contributed by atoms with E-state index in [2.05, 4.69) is 16.3 Å². The molecule has 3 aromatic carbocycles. The van der Waals surface area contributed by atoms with Crippen LogP contribution in [0.4, 0.5) is 11.4 Å². The van der Waals surface area contributed by atoms with E-state index in [1.54, 1.807) is 0 Å². The van der Waals surface area contributed by atoms with Gasteiger partial charge in [0.1, 0.15) is 12.4 Å². The number of fused-ring (bicyclic) bond motifs is 1. The fourth-order valence-corrected chi connectivity index (χ4v) is 3.10. The van der Waals surface area contributed by atoms with Gasteiger partial charge in [0.15, 0.2) is 0 Å². The van der Waals surface area contributed by atoms with Crippen molar-refractivity contribution in [2.45, 2.75) is 6.54 Å². The Hall–Kier alpha value is -3.27. The molecule has 1 N–H and O–H groups in total. The van der Waals surface area contributed by atoms with Crippen molar-refractivity contribution in [1.29, 1.82) is 0 Å². The van der Waals surface area contributed by atoms with Crippen molar-refractivity contribution in [3.63, 3.8) is 0 Å². The second kappa shape index (κ2) is 7.31. The molecule has 0 fully saturated rings. The lowest BCUT2D eigenvalue weighted by Crippen LogP contribution is -2.32. The van der Waals surface area contributed by atoms with Gasteiger partial charge in [-0.2, -0.15) is 0 Å². The number of nitrogens with zero attached hydrogens (tertiary/aromatic N) is 1. The molecular formula is C22H20N2O2. The predicted molar refractivity (Wildman–Crippen MR) is 104 cm³/mol. The number of amides is 1. The second-order valence-electron chi connectivity index (χ2n) is 6.25. The number of nitrogens with one attached hydrogen (secondary N) is 1. The maximum absolute atomic E-state index is 12.3. The van der Waals surface area contributed by atoms with Gasteiger partial charge in [-0.05, 0) is 42.0 Å². The first-order chi connectivity index (χ1) is 12.8. The molecule has 0 unspecified atom stereocenters. The molecule has 0 radical (unpaired) electrons. The molecule has 0 saturated carbocycles. The van der Waals surface area contributed by atoms with Crippen LogP contribution >= 0.6 is 0 Å². The highest BCUT2D eigenvalue weighted by atomic mass is 16.5. The zero-order valence-electron chi connectivity index (χ0n) is 14.4. The number of hydrogen-bond donors (Lipinski definition) is 1. The first-order valence-electron chi connectivity index (χ1n) is 8.72. The summed E-state index contributed by atoms with van der Waals surface area (Å²) in [6.07, 6.45) is 0. The molecular weight excluding hydrogens is 324 g/mol. The van der Waals surface area contributed by atoms with E-state index in [9.17, 15) is 4.79 Å². The molecule has 1 aliphatic heterocycles. The predicted octanol–water partition coefficient (Wildman–Crippen LogP) is 4.34. The van der Waals surface area contributed by atoms with E-state index in [-0.39, 0.29) is 5.91 Å². The summed E-state index contributed by atoms with van der Waals surface area (Å²) in [5, 5.41) is 2.91. The minimum Gasteiger partial charge on any atom is -0.490 e. The molecule has 0 atom stereocenters. The lowest BCUT2D eigenvalue weighted by molar-refractivity contribution is 0.102. The monoisotopic (exact) mass is 344 g/mol. The first kappa shape index (κ1) is 16.2. The van der Waals surface area contributed by atoms with E-state index in [4.69, 9.17) is 4.74 Å². The van der Waals surface area contributed by atoms with Gasteiger partial charge in [0, 0.05) is 17.8 Å². The topological polar surface area (TPSA) is 41.6 Å². The maximum atomic E-state index is 12.3. The molecule has 3 aromatic rings. The van der Waals surface area contributed by atoms with Crippen LogP contribution in [0.1, 0.15) is 15.9 Å². The van der Waals surface area contributed by atoms with Gasteiger partial charge in [-0.1, -0.05) is 42.5 Å². The summed E-state index contributed by atoms with van der Waals surface area (Å²) >= 11 is 0. The molecule has 1 amide bonds. The molecule has 4 rings (SSSR count). The fourth-order valence-electron chi connectivity index (χ4n) is 3.10. The summed E-state index contributed by atoms with van der Waals surface area (Å²) in [4.78, 5) is 14.6. The zero-order chi connectivity index (χ0) is 17.8. The fraction of sp³-hybridized carbons (Fsp3) is 0.136. The van der Waals surface area contributed by atoms with Crippen molar-refractivity contribution < 1.29 is 9.53 Å². The summed E-state index contributed by atoms with van der Waals surface area (Å²) in [5.41, 5.74) is 3.73. The number of rotatable bonds is 4. The molecule has 26 heavy (non-hydrogen) atoms. The summed E-state index contributed by atoms with van der Waals surface area (Å²) in [6, 6.07) is 25.3. The quantitative estimate of drug-likeness (QED) is 0.765. The maximum Gasteiger partial charge on any atom is 0.255 e. The summed E-state index contributed by atoms with van der Waals surface area (Å²) in [7, 11) is 0. The second-order valence-corrected chi connectivity index (χ2v) is 6.25. The molecule has 1 aliphatic rings. The summed E-state index contributed by atoms with van der Waals surface area (Å²) < 4.78 is 5.70. The zero-order valence-corrected chi connectivity index (χ0v) is 14.4. The molecule has 4 nitrogen and oxygen atoms in total. The molecule has 1 heterocycles. The SMILES string of the molecule is O=C(Nc1ccccc1)c1ccc(CN2CCOc3ccccc32)cc1. The first-order valence-corrected chi connectivity index (χ1v) is 8.72. The smallest absolute Gasteiger partial charge is 0.255 e. The minimum atomic E-state index is -0.0977. The largest absolute Gasteiger partial charge is 0.490 e. The van der Waals surface area contributed by atoms with Gasteiger partial charge in [-0.15, -0.1) is 0 Å². The van der Waals surface area contributed by atoms with Crippen molar-refractivity contribution in [2.75, 3.05) is 23.4 Å². The van der Waals surface area contributed by atoms with Crippen LogP contribution < -0.4 is 15.0 Å². The van der Waals surface area contributed by atoms with Crippen LogP contribution in [0.2, 0.25) is 0 Å². The van der Waals surface area contributed by atoms with E-state index < -0.39 is 0 Å². The number of benzene rings is 3. The van der Waals surface area contributed by atoms with Crippen molar-refractivity contribution in [2.24, 2.45) is 0 Å². The van der Waals surface area contributed by atoms with Crippen LogP contribution in [0.3, 0.4) is 0 Å². The molecule has 0 aromatic heterocycles. The Bertz CT molecular complexity index is 892. The lowest BCUT2D eigenvalue weighted by atomic mass is 10.1. The van der Waals surface area contributed by atoms with Crippen LogP contribution in [0, 0.1) is 0 Å². The van der Waals surface area contributed by atoms with E-state index in [0.717, 1.165) is 35.8 Å².